The summed E-state index contributed by atoms with van der Waals surface area (Å²) in [6, 6.07) is 6.45. The van der Waals surface area contributed by atoms with Crippen LogP contribution in [0.15, 0.2) is 24.3 Å². The van der Waals surface area contributed by atoms with Crippen molar-refractivity contribution in [3.63, 3.8) is 0 Å². The Bertz CT molecular complexity index is 446. The number of alkyl halides is 2. The van der Waals surface area contributed by atoms with Crippen LogP contribution in [0, 0.1) is 5.41 Å². The summed E-state index contributed by atoms with van der Waals surface area (Å²) in [5.41, 5.74) is 5.91. The molecule has 2 rings (SSSR count). The van der Waals surface area contributed by atoms with E-state index in [-0.39, 0.29) is 5.75 Å². The molecule has 21 heavy (non-hydrogen) atoms. The molecule has 0 aromatic heterocycles. The quantitative estimate of drug-likeness (QED) is 0.816. The monoisotopic (exact) mass is 299 g/mol. The molecule has 1 atom stereocenters. The average Bonchev–Trinajstić information content (AvgIpc) is 2.73. The van der Waals surface area contributed by atoms with E-state index < -0.39 is 18.1 Å². The minimum Gasteiger partial charge on any atom is -0.434 e. The molecule has 0 heterocycles. The first-order valence-corrected chi connectivity index (χ1v) is 7.51. The number of rotatable bonds is 5. The van der Waals surface area contributed by atoms with Gasteiger partial charge in [-0.05, 0) is 18.9 Å². The zero-order valence-electron chi connectivity index (χ0n) is 12.1. The number of ether oxygens (including phenoxy) is 1. The van der Waals surface area contributed by atoms with Gasteiger partial charge in [-0.3, -0.25) is 0 Å². The highest BCUT2D eigenvalue weighted by molar-refractivity contribution is 5.36. The van der Waals surface area contributed by atoms with Crippen molar-refractivity contribution in [1.29, 1.82) is 0 Å². The number of aliphatic hydroxyl groups is 1. The molecule has 1 aliphatic carbocycles. The lowest BCUT2D eigenvalue weighted by Crippen LogP contribution is -2.36. The van der Waals surface area contributed by atoms with Crippen molar-refractivity contribution in [1.82, 2.24) is 0 Å². The molecule has 0 aliphatic heterocycles. The third kappa shape index (κ3) is 3.71. The second-order valence-electron chi connectivity index (χ2n) is 5.80. The second-order valence-corrected chi connectivity index (χ2v) is 5.80. The van der Waals surface area contributed by atoms with Crippen LogP contribution in [-0.2, 0) is 0 Å². The minimum absolute atomic E-state index is 0.0390. The number of aliphatic hydroxyl groups excluding tert-OH is 1. The smallest absolute Gasteiger partial charge is 0.387 e. The minimum atomic E-state index is -2.90. The molecule has 0 amide bonds. The van der Waals surface area contributed by atoms with Crippen LogP contribution in [0.3, 0.4) is 0 Å². The Kier molecular flexibility index (Phi) is 5.53. The van der Waals surface area contributed by atoms with E-state index in [0.717, 1.165) is 38.5 Å². The van der Waals surface area contributed by atoms with Gasteiger partial charge in [-0.15, -0.1) is 0 Å². The lowest BCUT2D eigenvalue weighted by molar-refractivity contribution is -0.0544. The van der Waals surface area contributed by atoms with Gasteiger partial charge in [0.15, 0.2) is 0 Å². The van der Waals surface area contributed by atoms with Crippen molar-refractivity contribution in [3.8, 4) is 5.75 Å². The fraction of sp³-hybridized carbons (Fsp3) is 0.625. The molecule has 1 fully saturated rings. The molecule has 0 bridgehead atoms. The normalized spacial score (nSPS) is 20.0. The third-order valence-electron chi connectivity index (χ3n) is 4.52. The third-order valence-corrected chi connectivity index (χ3v) is 4.52. The number of benzene rings is 1. The molecule has 1 unspecified atom stereocenters. The predicted molar refractivity (Wildman–Crippen MR) is 77.2 cm³/mol. The Morgan fingerprint density at radius 2 is 1.76 bits per heavy atom. The van der Waals surface area contributed by atoms with Gasteiger partial charge in [0.25, 0.3) is 0 Å². The van der Waals surface area contributed by atoms with Crippen LogP contribution in [0.1, 0.15) is 50.2 Å². The molecule has 1 saturated carbocycles. The van der Waals surface area contributed by atoms with Crippen LogP contribution in [0.4, 0.5) is 8.78 Å². The van der Waals surface area contributed by atoms with E-state index in [1.165, 1.54) is 6.07 Å². The molecule has 118 valence electrons. The zero-order valence-corrected chi connectivity index (χ0v) is 12.1. The molecular formula is C16H23F2NO2. The van der Waals surface area contributed by atoms with Gasteiger partial charge in [0.2, 0.25) is 0 Å². The number of para-hydroxylation sites is 1. The van der Waals surface area contributed by atoms with Gasteiger partial charge in [0.1, 0.15) is 5.75 Å². The molecule has 0 spiro atoms. The number of hydrogen-bond acceptors (Lipinski definition) is 3. The van der Waals surface area contributed by atoms with Gasteiger partial charge in [-0.25, -0.2) is 0 Å². The summed E-state index contributed by atoms with van der Waals surface area (Å²) in [7, 11) is 0. The molecule has 1 aliphatic rings. The maximum Gasteiger partial charge on any atom is 0.387 e. The highest BCUT2D eigenvalue weighted by atomic mass is 19.3. The van der Waals surface area contributed by atoms with E-state index in [1.807, 2.05) is 0 Å². The van der Waals surface area contributed by atoms with E-state index in [1.54, 1.807) is 18.2 Å². The topological polar surface area (TPSA) is 55.5 Å². The summed E-state index contributed by atoms with van der Waals surface area (Å²) < 4.78 is 29.6. The van der Waals surface area contributed by atoms with Gasteiger partial charge in [-0.1, -0.05) is 43.9 Å². The van der Waals surface area contributed by atoms with Crippen LogP contribution in [0.25, 0.3) is 0 Å². The van der Waals surface area contributed by atoms with Gasteiger partial charge >= 0.3 is 6.61 Å². The van der Waals surface area contributed by atoms with E-state index in [0.29, 0.717) is 12.1 Å². The first kappa shape index (κ1) is 16.2. The standard InChI is InChI=1S/C16H23F2NO2/c17-15(18)21-13-8-4-3-7-12(13)14(20)16(11-19)9-5-1-2-6-10-16/h3-4,7-8,14-15,20H,1-2,5-6,9-11,19H2. The van der Waals surface area contributed by atoms with Gasteiger partial charge < -0.3 is 15.6 Å². The fourth-order valence-corrected chi connectivity index (χ4v) is 3.26. The lowest BCUT2D eigenvalue weighted by Gasteiger charge is -2.37. The van der Waals surface area contributed by atoms with Gasteiger partial charge in [-0.2, -0.15) is 8.78 Å². The Labute approximate surface area is 124 Å². The van der Waals surface area contributed by atoms with Crippen molar-refractivity contribution in [2.24, 2.45) is 11.1 Å². The molecule has 3 N–H and O–H groups in total. The summed E-state index contributed by atoms with van der Waals surface area (Å²) in [6.07, 6.45) is 5.02. The Balaban J connectivity index is 2.30. The average molecular weight is 299 g/mol. The molecule has 0 saturated heterocycles. The van der Waals surface area contributed by atoms with E-state index >= 15 is 0 Å². The number of halogens is 2. The first-order chi connectivity index (χ1) is 10.1. The van der Waals surface area contributed by atoms with E-state index in [9.17, 15) is 13.9 Å². The highest BCUT2D eigenvalue weighted by Gasteiger charge is 2.39. The fourth-order valence-electron chi connectivity index (χ4n) is 3.26. The first-order valence-electron chi connectivity index (χ1n) is 7.51. The van der Waals surface area contributed by atoms with Crippen molar-refractivity contribution >= 4 is 0 Å². The van der Waals surface area contributed by atoms with Crippen LogP contribution in [0.5, 0.6) is 5.75 Å². The summed E-state index contributed by atoms with van der Waals surface area (Å²) in [5.74, 6) is 0.0390. The van der Waals surface area contributed by atoms with E-state index in [4.69, 9.17) is 5.73 Å². The van der Waals surface area contributed by atoms with Gasteiger partial charge in [0, 0.05) is 17.5 Å². The van der Waals surface area contributed by atoms with Crippen molar-refractivity contribution in [2.75, 3.05) is 6.54 Å². The Morgan fingerprint density at radius 3 is 2.33 bits per heavy atom. The molecule has 3 nitrogen and oxygen atoms in total. The molecule has 1 aromatic carbocycles. The lowest BCUT2D eigenvalue weighted by atomic mass is 9.73. The maximum absolute atomic E-state index is 12.5. The van der Waals surface area contributed by atoms with Crippen LogP contribution >= 0.6 is 0 Å². The number of hydrogen-bond donors (Lipinski definition) is 2. The van der Waals surface area contributed by atoms with Gasteiger partial charge in [0.05, 0.1) is 6.10 Å². The Hall–Kier alpha value is -1.20. The van der Waals surface area contributed by atoms with Crippen LogP contribution in [-0.4, -0.2) is 18.3 Å². The summed E-state index contributed by atoms with van der Waals surface area (Å²) in [5, 5.41) is 10.8. The SMILES string of the molecule is NCC1(C(O)c2ccccc2OC(F)F)CCCCCC1. The summed E-state index contributed by atoms with van der Waals surface area (Å²) >= 11 is 0. The maximum atomic E-state index is 12.5. The molecule has 0 radical (unpaired) electrons. The highest BCUT2D eigenvalue weighted by Crippen LogP contribution is 2.46. The largest absolute Gasteiger partial charge is 0.434 e. The summed E-state index contributed by atoms with van der Waals surface area (Å²) in [4.78, 5) is 0. The van der Waals surface area contributed by atoms with Crippen molar-refractivity contribution < 1.29 is 18.6 Å². The summed E-state index contributed by atoms with van der Waals surface area (Å²) in [6.45, 7) is -2.56. The molecule has 1 aromatic rings. The second kappa shape index (κ2) is 7.18. The van der Waals surface area contributed by atoms with Crippen LogP contribution in [0.2, 0.25) is 0 Å². The van der Waals surface area contributed by atoms with E-state index in [2.05, 4.69) is 4.74 Å². The number of nitrogens with two attached hydrogens (primary N) is 1. The van der Waals surface area contributed by atoms with Crippen molar-refractivity contribution in [2.45, 2.75) is 51.2 Å². The van der Waals surface area contributed by atoms with Crippen molar-refractivity contribution in [3.05, 3.63) is 29.8 Å². The van der Waals surface area contributed by atoms with Crippen LogP contribution < -0.4 is 10.5 Å². The zero-order chi connectivity index (χ0) is 15.3. The Morgan fingerprint density at radius 1 is 1.14 bits per heavy atom. The molecule has 5 heteroatoms. The predicted octanol–water partition coefficient (Wildman–Crippen LogP) is 3.62. The molecular weight excluding hydrogens is 276 g/mol.